The number of nitrogens with zero attached hydrogens (tertiary/aromatic N) is 4. The van der Waals surface area contributed by atoms with Crippen LogP contribution in [0.2, 0.25) is 0 Å². The fourth-order valence-corrected chi connectivity index (χ4v) is 2.48. The zero-order valence-corrected chi connectivity index (χ0v) is 17.3. The summed E-state index contributed by atoms with van der Waals surface area (Å²) in [5, 5.41) is 55.8. The predicted octanol–water partition coefficient (Wildman–Crippen LogP) is 2.04. The second kappa shape index (κ2) is 12.2. The molecule has 167 valence electrons. The van der Waals surface area contributed by atoms with Gasteiger partial charge in [-0.05, 0) is 22.9 Å². The summed E-state index contributed by atoms with van der Waals surface area (Å²) < 4.78 is 0. The number of carboxylic acids is 2. The molecule has 4 aromatic rings. The Hall–Kier alpha value is -4.70. The van der Waals surface area contributed by atoms with Gasteiger partial charge in [-0.25, -0.2) is 19.6 Å². The van der Waals surface area contributed by atoms with Crippen molar-refractivity contribution >= 4 is 33.7 Å². The number of aromatic nitrogens is 2. The summed E-state index contributed by atoms with van der Waals surface area (Å²) in [5.41, 5.74) is 0.182. The van der Waals surface area contributed by atoms with Gasteiger partial charge in [0.05, 0.1) is 11.0 Å². The Balaban J connectivity index is 0.000000278. The Morgan fingerprint density at radius 2 is 1.06 bits per heavy atom. The van der Waals surface area contributed by atoms with Gasteiger partial charge >= 0.3 is 29.0 Å². The average molecular weight is 492 g/mol. The predicted molar refractivity (Wildman–Crippen MR) is 108 cm³/mol. The van der Waals surface area contributed by atoms with Crippen molar-refractivity contribution in [2.45, 2.75) is 0 Å². The number of para-hydroxylation sites is 2. The van der Waals surface area contributed by atoms with Crippen LogP contribution >= 0.6 is 0 Å². The molecule has 33 heavy (non-hydrogen) atoms. The molecule has 0 aliphatic heterocycles. The van der Waals surface area contributed by atoms with Crippen molar-refractivity contribution in [3.05, 3.63) is 72.1 Å². The largest absolute Gasteiger partial charge is 2.00 e. The van der Waals surface area contributed by atoms with E-state index in [0.29, 0.717) is 10.8 Å². The van der Waals surface area contributed by atoms with E-state index in [2.05, 4.69) is 9.97 Å². The van der Waals surface area contributed by atoms with E-state index in [9.17, 15) is 19.8 Å². The number of fused-ring (bicyclic) bond motifs is 2. The molecule has 11 heteroatoms. The van der Waals surface area contributed by atoms with Crippen LogP contribution in [0.15, 0.2) is 60.7 Å². The molecule has 4 rings (SSSR count). The number of carboxylic acid groups (broad SMARTS) is 2. The Labute approximate surface area is 197 Å². The van der Waals surface area contributed by atoms with Gasteiger partial charge in [-0.1, -0.05) is 60.0 Å². The van der Waals surface area contributed by atoms with Gasteiger partial charge in [-0.3, -0.25) is 0 Å². The molecule has 0 saturated heterocycles. The third-order valence-corrected chi connectivity index (χ3v) is 3.85. The van der Waals surface area contributed by atoms with Gasteiger partial charge < -0.3 is 20.4 Å². The van der Waals surface area contributed by atoms with Crippen molar-refractivity contribution in [1.82, 2.24) is 9.97 Å². The number of hydrogen-bond donors (Lipinski definition) is 2. The van der Waals surface area contributed by atoms with Gasteiger partial charge in [0.25, 0.3) is 0 Å². The monoisotopic (exact) mass is 491 g/mol. The third kappa shape index (κ3) is 6.91. The van der Waals surface area contributed by atoms with Crippen LogP contribution in [0, 0.1) is 22.7 Å². The molecule has 0 unspecified atom stereocenters. The summed E-state index contributed by atoms with van der Waals surface area (Å²) >= 11 is 0. The number of hydrogen-bond acceptors (Lipinski definition) is 8. The molecule has 2 N–H and O–H groups in total. The van der Waals surface area contributed by atoms with E-state index in [4.69, 9.17) is 20.7 Å². The first-order valence-corrected chi connectivity index (χ1v) is 8.66. The van der Waals surface area contributed by atoms with Crippen molar-refractivity contribution in [3.63, 3.8) is 0 Å². The molecule has 1 radical (unpaired) electrons. The van der Waals surface area contributed by atoms with Crippen molar-refractivity contribution in [1.29, 1.82) is 10.5 Å². The standard InChI is InChI=1S/2C10H7NO3.C2N2.Cu/c2*12-8-3-1-2-6-4-5-7(10(13)14)11-9(6)8;3-1-2-4;/h2*1-5,12H,(H,13,14);;/q;;;+2/p-2. The molecule has 0 saturated carbocycles. The van der Waals surface area contributed by atoms with Gasteiger partial charge in [0.15, 0.2) is 12.1 Å². The quantitative estimate of drug-likeness (QED) is 0.391. The minimum absolute atomic E-state index is 0. The zero-order valence-electron chi connectivity index (χ0n) is 16.4. The first kappa shape index (κ1) is 26.3. The van der Waals surface area contributed by atoms with E-state index in [-0.39, 0.29) is 51.0 Å². The Morgan fingerprint density at radius 3 is 1.36 bits per heavy atom. The Bertz CT molecular complexity index is 1290. The van der Waals surface area contributed by atoms with Crippen LogP contribution < -0.4 is 10.2 Å². The fourth-order valence-electron chi connectivity index (χ4n) is 2.48. The molecule has 0 spiro atoms. The molecule has 0 aliphatic carbocycles. The van der Waals surface area contributed by atoms with Crippen molar-refractivity contribution in [2.24, 2.45) is 0 Å². The van der Waals surface area contributed by atoms with Crippen LogP contribution in [0.4, 0.5) is 0 Å². The van der Waals surface area contributed by atoms with Crippen LogP contribution in [0.1, 0.15) is 21.0 Å². The van der Waals surface area contributed by atoms with E-state index in [1.165, 1.54) is 36.4 Å². The van der Waals surface area contributed by atoms with Gasteiger partial charge in [-0.2, -0.15) is 10.5 Å². The number of pyridine rings is 2. The van der Waals surface area contributed by atoms with E-state index >= 15 is 0 Å². The van der Waals surface area contributed by atoms with E-state index < -0.39 is 11.9 Å². The van der Waals surface area contributed by atoms with E-state index in [0.717, 1.165) is 0 Å². The van der Waals surface area contributed by atoms with Gasteiger partial charge in [0, 0.05) is 0 Å². The first-order chi connectivity index (χ1) is 15.3. The second-order valence-electron chi connectivity index (χ2n) is 5.88. The smallest absolute Gasteiger partial charge is 0.871 e. The molecule has 0 bridgehead atoms. The SMILES string of the molecule is N#CC#N.O=C(O)c1ccc2cccc([O-])c2n1.O=C(O)c1ccc2cccc([O-])c2n1.[Cu+2]. The van der Waals surface area contributed by atoms with Crippen molar-refractivity contribution in [3.8, 4) is 23.6 Å². The van der Waals surface area contributed by atoms with E-state index in [1.807, 2.05) is 0 Å². The van der Waals surface area contributed by atoms with Crippen molar-refractivity contribution in [2.75, 3.05) is 0 Å². The van der Waals surface area contributed by atoms with Crippen LogP contribution in [0.5, 0.6) is 11.5 Å². The van der Waals surface area contributed by atoms with Gasteiger partial charge in [0.2, 0.25) is 0 Å². The van der Waals surface area contributed by atoms with Crippen LogP contribution in [-0.2, 0) is 17.1 Å². The topological polar surface area (TPSA) is 194 Å². The van der Waals surface area contributed by atoms with Crippen molar-refractivity contribution < 1.29 is 47.1 Å². The molecule has 0 aliphatic rings. The van der Waals surface area contributed by atoms with Crippen LogP contribution in [-0.4, -0.2) is 32.1 Å². The Kier molecular flexibility index (Phi) is 9.76. The maximum Gasteiger partial charge on any atom is 2.00 e. The summed E-state index contributed by atoms with van der Waals surface area (Å²) in [6.07, 6.45) is 0. The number of carbonyl (C=O) groups is 2. The number of rotatable bonds is 2. The zero-order chi connectivity index (χ0) is 23.7. The van der Waals surface area contributed by atoms with E-state index in [1.54, 1.807) is 36.4 Å². The average Bonchev–Trinajstić information content (AvgIpc) is 2.79. The summed E-state index contributed by atoms with van der Waals surface area (Å²) in [6, 6.07) is 17.8. The molecule has 2 aromatic heterocycles. The Morgan fingerprint density at radius 1 is 0.697 bits per heavy atom. The maximum atomic E-state index is 11.3. The third-order valence-electron chi connectivity index (χ3n) is 3.85. The number of nitriles is 2. The van der Waals surface area contributed by atoms with Gasteiger partial charge in [0.1, 0.15) is 11.4 Å². The molecular weight excluding hydrogens is 480 g/mol. The second-order valence-corrected chi connectivity index (χ2v) is 5.88. The molecule has 0 atom stereocenters. The maximum absolute atomic E-state index is 11.3. The minimum atomic E-state index is -1.13. The summed E-state index contributed by atoms with van der Waals surface area (Å²) in [7, 11) is 0. The summed E-state index contributed by atoms with van der Waals surface area (Å²) in [6.45, 7) is 0. The molecular formula is C22H12CuN4O6. The molecule has 2 heterocycles. The fraction of sp³-hybridized carbons (Fsp3) is 0. The van der Waals surface area contributed by atoms with Gasteiger partial charge in [-0.15, -0.1) is 0 Å². The van der Waals surface area contributed by atoms with Crippen LogP contribution in [0.25, 0.3) is 21.8 Å². The first-order valence-electron chi connectivity index (χ1n) is 8.66. The normalized spacial score (nSPS) is 9.03. The molecule has 10 nitrogen and oxygen atoms in total. The molecule has 0 amide bonds. The number of benzene rings is 2. The number of aromatic carboxylic acids is 2. The summed E-state index contributed by atoms with van der Waals surface area (Å²) in [4.78, 5) is 28.7. The molecule has 2 aromatic carbocycles. The minimum Gasteiger partial charge on any atom is -0.871 e. The summed E-state index contributed by atoms with van der Waals surface area (Å²) in [5.74, 6) is -2.78. The van der Waals surface area contributed by atoms with Crippen LogP contribution in [0.3, 0.4) is 0 Å². The molecule has 0 fully saturated rings.